The Labute approximate surface area is 180 Å². The molecule has 0 unspecified atom stereocenters. The van der Waals surface area contributed by atoms with E-state index >= 15 is 0 Å². The van der Waals surface area contributed by atoms with E-state index in [9.17, 15) is 19.7 Å². The van der Waals surface area contributed by atoms with Crippen molar-refractivity contribution in [3.8, 4) is 11.5 Å². The van der Waals surface area contributed by atoms with Crippen molar-refractivity contribution in [2.45, 2.75) is 12.8 Å². The molecule has 0 spiro atoms. The van der Waals surface area contributed by atoms with E-state index in [0.29, 0.717) is 39.0 Å². The first-order valence-corrected chi connectivity index (χ1v) is 10.0. The van der Waals surface area contributed by atoms with Crippen LogP contribution in [-0.2, 0) is 16.0 Å². The third-order valence-electron chi connectivity index (χ3n) is 5.16. The monoisotopic (exact) mass is 427 g/mol. The average molecular weight is 427 g/mol. The van der Waals surface area contributed by atoms with Crippen LogP contribution in [-0.4, -0.2) is 66.4 Å². The Hall–Kier alpha value is -3.62. The van der Waals surface area contributed by atoms with Gasteiger partial charge in [-0.15, -0.1) is 0 Å². The van der Waals surface area contributed by atoms with Crippen molar-refractivity contribution in [2.24, 2.45) is 0 Å². The smallest absolute Gasteiger partial charge is 0.273 e. The molecule has 164 valence electrons. The Morgan fingerprint density at radius 2 is 1.61 bits per heavy atom. The predicted octanol–water partition coefficient (Wildman–Crippen LogP) is 2.29. The molecule has 1 fully saturated rings. The van der Waals surface area contributed by atoms with Gasteiger partial charge in [0.2, 0.25) is 5.91 Å². The zero-order valence-electron chi connectivity index (χ0n) is 17.4. The Kier molecular flexibility index (Phi) is 7.42. The number of carbonyl (C=O) groups is 2. The summed E-state index contributed by atoms with van der Waals surface area (Å²) in [5.41, 5.74) is 0.980. The number of hydrogen-bond donors (Lipinski definition) is 0. The van der Waals surface area contributed by atoms with E-state index in [1.54, 1.807) is 23.0 Å². The molecular weight excluding hydrogens is 402 g/mol. The topological polar surface area (TPSA) is 102 Å². The van der Waals surface area contributed by atoms with Gasteiger partial charge in [-0.05, 0) is 30.2 Å². The second-order valence-electron chi connectivity index (χ2n) is 7.15. The molecule has 3 rings (SSSR count). The molecule has 2 aromatic rings. The largest absolute Gasteiger partial charge is 0.497 e. The van der Waals surface area contributed by atoms with E-state index in [0.717, 1.165) is 11.3 Å². The van der Waals surface area contributed by atoms with E-state index in [-0.39, 0.29) is 29.9 Å². The Morgan fingerprint density at radius 1 is 0.968 bits per heavy atom. The molecule has 0 atom stereocenters. The predicted molar refractivity (Wildman–Crippen MR) is 113 cm³/mol. The summed E-state index contributed by atoms with van der Waals surface area (Å²) in [5.74, 6) is 0.910. The molecule has 1 aliphatic heterocycles. The zero-order valence-corrected chi connectivity index (χ0v) is 17.4. The SMILES string of the molecule is COc1ccc(CCC(=O)N2CCN(C(=O)COc3cccc([N+](=O)[O-])c3)CC2)cc1. The number of hydrogen-bond acceptors (Lipinski definition) is 6. The quantitative estimate of drug-likeness (QED) is 0.473. The summed E-state index contributed by atoms with van der Waals surface area (Å²) in [7, 11) is 1.61. The first kappa shape index (κ1) is 22.1. The maximum Gasteiger partial charge on any atom is 0.273 e. The van der Waals surface area contributed by atoms with Crippen molar-refractivity contribution in [3.63, 3.8) is 0 Å². The van der Waals surface area contributed by atoms with Gasteiger partial charge in [-0.25, -0.2) is 0 Å². The number of nitrogens with zero attached hydrogens (tertiary/aromatic N) is 3. The molecule has 1 saturated heterocycles. The van der Waals surface area contributed by atoms with Gasteiger partial charge in [-0.3, -0.25) is 19.7 Å². The molecule has 0 aromatic heterocycles. The summed E-state index contributed by atoms with van der Waals surface area (Å²) >= 11 is 0. The van der Waals surface area contributed by atoms with Crippen molar-refractivity contribution in [3.05, 3.63) is 64.2 Å². The van der Waals surface area contributed by atoms with Crippen LogP contribution in [0.2, 0.25) is 0 Å². The minimum Gasteiger partial charge on any atom is -0.497 e. The van der Waals surface area contributed by atoms with Crippen molar-refractivity contribution in [1.82, 2.24) is 9.80 Å². The van der Waals surface area contributed by atoms with E-state index in [1.807, 2.05) is 24.3 Å². The second-order valence-corrected chi connectivity index (χ2v) is 7.15. The van der Waals surface area contributed by atoms with Gasteiger partial charge in [0.25, 0.3) is 11.6 Å². The average Bonchev–Trinajstić information content (AvgIpc) is 2.81. The maximum absolute atomic E-state index is 12.5. The van der Waals surface area contributed by atoms with Gasteiger partial charge in [-0.2, -0.15) is 0 Å². The molecule has 1 aliphatic rings. The fourth-order valence-electron chi connectivity index (χ4n) is 3.33. The highest BCUT2D eigenvalue weighted by Gasteiger charge is 2.24. The van der Waals surface area contributed by atoms with E-state index in [1.165, 1.54) is 18.2 Å². The number of nitro groups is 1. The highest BCUT2D eigenvalue weighted by atomic mass is 16.6. The van der Waals surface area contributed by atoms with E-state index < -0.39 is 4.92 Å². The summed E-state index contributed by atoms with van der Waals surface area (Å²) < 4.78 is 10.5. The van der Waals surface area contributed by atoms with Crippen molar-refractivity contribution >= 4 is 17.5 Å². The van der Waals surface area contributed by atoms with Crippen LogP contribution in [0.25, 0.3) is 0 Å². The van der Waals surface area contributed by atoms with Gasteiger partial charge in [0.1, 0.15) is 11.5 Å². The third kappa shape index (κ3) is 6.18. The molecule has 0 radical (unpaired) electrons. The molecule has 9 nitrogen and oxygen atoms in total. The standard InChI is InChI=1S/C22H25N3O6/c1-30-19-8-5-17(6-9-19)7-10-21(26)23-11-13-24(14-12-23)22(27)16-31-20-4-2-3-18(15-20)25(28)29/h2-6,8-9,15H,7,10-14,16H2,1H3. The molecule has 0 bridgehead atoms. The number of carbonyl (C=O) groups excluding carboxylic acids is 2. The lowest BCUT2D eigenvalue weighted by molar-refractivity contribution is -0.384. The maximum atomic E-state index is 12.5. The van der Waals surface area contributed by atoms with Crippen LogP contribution in [0.3, 0.4) is 0 Å². The fraction of sp³-hybridized carbons (Fsp3) is 0.364. The summed E-state index contributed by atoms with van der Waals surface area (Å²) in [4.78, 5) is 38.6. The van der Waals surface area contributed by atoms with Crippen LogP contribution < -0.4 is 9.47 Å². The van der Waals surface area contributed by atoms with Crippen molar-refractivity contribution < 1.29 is 24.0 Å². The number of ether oxygens (including phenoxy) is 2. The van der Waals surface area contributed by atoms with Gasteiger partial charge in [0.15, 0.2) is 6.61 Å². The van der Waals surface area contributed by atoms with Gasteiger partial charge < -0.3 is 19.3 Å². The van der Waals surface area contributed by atoms with Gasteiger partial charge >= 0.3 is 0 Å². The van der Waals surface area contributed by atoms with Crippen LogP contribution in [0, 0.1) is 10.1 Å². The number of methoxy groups -OCH3 is 1. The molecule has 2 aromatic carbocycles. The minimum atomic E-state index is -0.514. The summed E-state index contributed by atoms with van der Waals surface area (Å²) in [6.07, 6.45) is 1.06. The Bertz CT molecular complexity index is 923. The highest BCUT2D eigenvalue weighted by molar-refractivity contribution is 5.79. The summed E-state index contributed by atoms with van der Waals surface area (Å²) in [6.45, 7) is 1.62. The lowest BCUT2D eigenvalue weighted by Crippen LogP contribution is -2.51. The van der Waals surface area contributed by atoms with Gasteiger partial charge in [0, 0.05) is 38.7 Å². The lowest BCUT2D eigenvalue weighted by Gasteiger charge is -2.34. The fourth-order valence-corrected chi connectivity index (χ4v) is 3.33. The number of aryl methyl sites for hydroxylation is 1. The summed E-state index contributed by atoms with van der Waals surface area (Å²) in [6, 6.07) is 13.4. The van der Waals surface area contributed by atoms with Crippen molar-refractivity contribution in [1.29, 1.82) is 0 Å². The van der Waals surface area contributed by atoms with Crippen LogP contribution in [0.1, 0.15) is 12.0 Å². The van der Waals surface area contributed by atoms with E-state index in [4.69, 9.17) is 9.47 Å². The first-order valence-electron chi connectivity index (χ1n) is 10.0. The number of piperazine rings is 1. The third-order valence-corrected chi connectivity index (χ3v) is 5.16. The molecule has 2 amide bonds. The highest BCUT2D eigenvalue weighted by Crippen LogP contribution is 2.19. The lowest BCUT2D eigenvalue weighted by atomic mass is 10.1. The molecular formula is C22H25N3O6. The molecule has 1 heterocycles. The second kappa shape index (κ2) is 10.4. The summed E-state index contributed by atoms with van der Waals surface area (Å²) in [5, 5.41) is 10.8. The number of nitro benzene ring substituents is 1. The number of benzene rings is 2. The van der Waals surface area contributed by atoms with Crippen LogP contribution >= 0.6 is 0 Å². The molecule has 0 aliphatic carbocycles. The van der Waals surface area contributed by atoms with Crippen molar-refractivity contribution in [2.75, 3.05) is 39.9 Å². The number of rotatable bonds is 8. The normalized spacial score (nSPS) is 13.6. The molecule has 0 saturated carbocycles. The van der Waals surface area contributed by atoms with Gasteiger partial charge in [-0.1, -0.05) is 18.2 Å². The Balaban J connectivity index is 1.40. The van der Waals surface area contributed by atoms with Crippen LogP contribution in [0.15, 0.2) is 48.5 Å². The number of non-ortho nitro benzene ring substituents is 1. The molecule has 31 heavy (non-hydrogen) atoms. The zero-order chi connectivity index (χ0) is 22.2. The first-order chi connectivity index (χ1) is 15.0. The Morgan fingerprint density at radius 3 is 2.23 bits per heavy atom. The van der Waals surface area contributed by atoms with Crippen LogP contribution in [0.5, 0.6) is 11.5 Å². The molecule has 9 heteroatoms. The van der Waals surface area contributed by atoms with Gasteiger partial charge in [0.05, 0.1) is 18.1 Å². The number of amides is 2. The van der Waals surface area contributed by atoms with E-state index in [2.05, 4.69) is 0 Å². The minimum absolute atomic E-state index is 0.0655. The molecule has 0 N–H and O–H groups in total. The van der Waals surface area contributed by atoms with Crippen LogP contribution in [0.4, 0.5) is 5.69 Å².